The van der Waals surface area contributed by atoms with Gasteiger partial charge in [-0.05, 0) is 25.1 Å². The molecule has 1 N–H and O–H groups in total. The van der Waals surface area contributed by atoms with E-state index in [4.69, 9.17) is 9.84 Å². The minimum absolute atomic E-state index is 0.237. The molecule has 2 heterocycles. The maximum absolute atomic E-state index is 10.3. The molecule has 0 spiro atoms. The Morgan fingerprint density at radius 2 is 2.32 bits per heavy atom. The minimum Gasteiger partial charge on any atom is -0.485 e. The number of hydrogen-bond acceptors (Lipinski definition) is 6. The number of pyridine rings is 1. The molecule has 0 saturated heterocycles. The van der Waals surface area contributed by atoms with Crippen LogP contribution in [0.5, 0.6) is 5.75 Å². The second-order valence-corrected chi connectivity index (χ2v) is 3.68. The zero-order chi connectivity index (χ0) is 13.7. The average Bonchev–Trinajstić information content (AvgIpc) is 2.81. The summed E-state index contributed by atoms with van der Waals surface area (Å²) in [6.45, 7) is 2.01. The molecule has 0 aliphatic carbocycles. The summed E-state index contributed by atoms with van der Waals surface area (Å²) < 4.78 is 9.99. The third kappa shape index (κ3) is 3.63. The lowest BCUT2D eigenvalue weighted by atomic mass is 10.3. The number of aryl methyl sites for hydroxylation is 1. The molecule has 0 fully saturated rings. The van der Waals surface area contributed by atoms with Gasteiger partial charge in [0.1, 0.15) is 23.7 Å². The second kappa shape index (κ2) is 5.76. The smallest absolute Gasteiger partial charge is 0.328 e. The van der Waals surface area contributed by atoms with Gasteiger partial charge in [0, 0.05) is 6.08 Å². The summed E-state index contributed by atoms with van der Waals surface area (Å²) in [6.07, 6.45) is 3.93. The normalized spacial score (nSPS) is 10.8. The monoisotopic (exact) mass is 261 g/mol. The maximum atomic E-state index is 10.3. The summed E-state index contributed by atoms with van der Waals surface area (Å²) in [7, 11) is 0. The van der Waals surface area contributed by atoms with Gasteiger partial charge in [-0.25, -0.2) is 9.42 Å². The van der Waals surface area contributed by atoms with Crippen LogP contribution in [0.15, 0.2) is 29.0 Å². The molecule has 0 saturated carbocycles. The van der Waals surface area contributed by atoms with E-state index in [0.717, 1.165) is 6.08 Å². The largest absolute Gasteiger partial charge is 0.485 e. The first kappa shape index (κ1) is 12.7. The SMILES string of the molecule is Cc1nonc1COc1ccc(C=CC(=O)O)nc1. The highest BCUT2D eigenvalue weighted by molar-refractivity contribution is 5.84. The fraction of sp³-hybridized carbons (Fsp3) is 0.167. The van der Waals surface area contributed by atoms with Crippen molar-refractivity contribution in [3.05, 3.63) is 41.5 Å². The van der Waals surface area contributed by atoms with E-state index in [-0.39, 0.29) is 6.61 Å². The molecule has 2 aromatic heterocycles. The number of carboxylic acid groups (broad SMARTS) is 1. The van der Waals surface area contributed by atoms with E-state index in [1.807, 2.05) is 0 Å². The number of carboxylic acids is 1. The van der Waals surface area contributed by atoms with Crippen LogP contribution < -0.4 is 4.74 Å². The number of rotatable bonds is 5. The van der Waals surface area contributed by atoms with Gasteiger partial charge in [-0.15, -0.1) is 0 Å². The lowest BCUT2D eigenvalue weighted by molar-refractivity contribution is -0.131. The molecule has 7 heteroatoms. The topological polar surface area (TPSA) is 98.3 Å². The van der Waals surface area contributed by atoms with Gasteiger partial charge in [0.05, 0.1) is 11.9 Å². The van der Waals surface area contributed by atoms with Crippen LogP contribution in [0.4, 0.5) is 0 Å². The maximum Gasteiger partial charge on any atom is 0.328 e. The molecular weight excluding hydrogens is 250 g/mol. The molecule has 98 valence electrons. The highest BCUT2D eigenvalue weighted by Gasteiger charge is 2.05. The molecule has 0 amide bonds. The Labute approximate surface area is 108 Å². The Bertz CT molecular complexity index is 589. The molecule has 0 aliphatic rings. The van der Waals surface area contributed by atoms with E-state index in [1.54, 1.807) is 19.1 Å². The predicted octanol–water partition coefficient (Wildman–Crippen LogP) is 1.45. The summed E-state index contributed by atoms with van der Waals surface area (Å²) in [5.41, 5.74) is 1.83. The van der Waals surface area contributed by atoms with E-state index in [9.17, 15) is 4.79 Å². The summed E-state index contributed by atoms with van der Waals surface area (Å²) in [5, 5.41) is 15.8. The second-order valence-electron chi connectivity index (χ2n) is 3.68. The van der Waals surface area contributed by atoms with Crippen LogP contribution in [-0.4, -0.2) is 26.4 Å². The lowest BCUT2D eigenvalue weighted by Crippen LogP contribution is -1.98. The van der Waals surface area contributed by atoms with Gasteiger partial charge in [0.15, 0.2) is 0 Å². The number of nitrogens with zero attached hydrogens (tertiary/aromatic N) is 3. The molecule has 7 nitrogen and oxygen atoms in total. The van der Waals surface area contributed by atoms with Crippen molar-refractivity contribution in [2.24, 2.45) is 0 Å². The number of hydrogen-bond donors (Lipinski definition) is 1. The van der Waals surface area contributed by atoms with Gasteiger partial charge in [-0.1, -0.05) is 10.3 Å². The predicted molar refractivity (Wildman–Crippen MR) is 64.3 cm³/mol. The summed E-state index contributed by atoms with van der Waals surface area (Å²) in [5.74, 6) is -0.467. The van der Waals surface area contributed by atoms with Crippen LogP contribution in [0.3, 0.4) is 0 Å². The fourth-order valence-corrected chi connectivity index (χ4v) is 1.26. The standard InChI is InChI=1S/C12H11N3O4/c1-8-11(15-19-14-8)7-18-10-4-2-9(13-6-10)3-5-12(16)17/h2-6H,7H2,1H3,(H,16,17). The molecule has 0 aromatic carbocycles. The van der Waals surface area contributed by atoms with E-state index >= 15 is 0 Å². The Kier molecular flexibility index (Phi) is 3.87. The van der Waals surface area contributed by atoms with Crippen molar-refractivity contribution in [1.29, 1.82) is 0 Å². The van der Waals surface area contributed by atoms with Crippen molar-refractivity contribution >= 4 is 12.0 Å². The molecule has 2 rings (SSSR count). The Morgan fingerprint density at radius 1 is 1.47 bits per heavy atom. The van der Waals surface area contributed by atoms with Gasteiger partial charge < -0.3 is 9.84 Å². The summed E-state index contributed by atoms with van der Waals surface area (Å²) in [4.78, 5) is 14.4. The molecule has 0 aliphatic heterocycles. The Balaban J connectivity index is 1.95. The van der Waals surface area contributed by atoms with Crippen molar-refractivity contribution < 1.29 is 19.3 Å². The molecule has 0 bridgehead atoms. The molecule has 0 unspecified atom stereocenters. The lowest BCUT2D eigenvalue weighted by Gasteiger charge is -2.03. The third-order valence-corrected chi connectivity index (χ3v) is 2.28. The minimum atomic E-state index is -1.02. The average molecular weight is 261 g/mol. The van der Waals surface area contributed by atoms with E-state index in [0.29, 0.717) is 22.8 Å². The van der Waals surface area contributed by atoms with Gasteiger partial charge in [-0.2, -0.15) is 0 Å². The number of aromatic nitrogens is 3. The first-order valence-corrected chi connectivity index (χ1v) is 5.43. The summed E-state index contributed by atoms with van der Waals surface area (Å²) >= 11 is 0. The van der Waals surface area contributed by atoms with E-state index in [2.05, 4.69) is 19.9 Å². The van der Waals surface area contributed by atoms with E-state index < -0.39 is 5.97 Å². The molecular formula is C12H11N3O4. The highest BCUT2D eigenvalue weighted by atomic mass is 16.6. The van der Waals surface area contributed by atoms with Crippen LogP contribution in [0, 0.1) is 6.92 Å². The first-order valence-electron chi connectivity index (χ1n) is 5.43. The molecule has 0 atom stereocenters. The van der Waals surface area contributed by atoms with Gasteiger partial charge >= 0.3 is 5.97 Å². The van der Waals surface area contributed by atoms with Crippen molar-refractivity contribution in [3.8, 4) is 5.75 Å². The van der Waals surface area contributed by atoms with Crippen molar-refractivity contribution in [1.82, 2.24) is 15.3 Å². The number of ether oxygens (including phenoxy) is 1. The van der Waals surface area contributed by atoms with Crippen molar-refractivity contribution in [3.63, 3.8) is 0 Å². The molecule has 2 aromatic rings. The quantitative estimate of drug-likeness (QED) is 0.813. The molecule has 0 radical (unpaired) electrons. The molecule has 19 heavy (non-hydrogen) atoms. The highest BCUT2D eigenvalue weighted by Crippen LogP contribution is 2.12. The van der Waals surface area contributed by atoms with Gasteiger partial charge in [0.25, 0.3) is 0 Å². The Morgan fingerprint density at radius 3 is 2.89 bits per heavy atom. The van der Waals surface area contributed by atoms with Crippen LogP contribution in [-0.2, 0) is 11.4 Å². The van der Waals surface area contributed by atoms with Crippen LogP contribution in [0.2, 0.25) is 0 Å². The van der Waals surface area contributed by atoms with Gasteiger partial charge in [-0.3, -0.25) is 4.98 Å². The first-order chi connectivity index (χ1) is 9.15. The van der Waals surface area contributed by atoms with Gasteiger partial charge in [0.2, 0.25) is 0 Å². The van der Waals surface area contributed by atoms with Crippen molar-refractivity contribution in [2.45, 2.75) is 13.5 Å². The number of aliphatic carboxylic acids is 1. The summed E-state index contributed by atoms with van der Waals surface area (Å²) in [6, 6.07) is 3.35. The van der Waals surface area contributed by atoms with Crippen LogP contribution in [0.1, 0.15) is 17.1 Å². The van der Waals surface area contributed by atoms with Crippen LogP contribution >= 0.6 is 0 Å². The number of carbonyl (C=O) groups is 1. The Hall–Kier alpha value is -2.70. The van der Waals surface area contributed by atoms with Crippen LogP contribution in [0.25, 0.3) is 6.08 Å². The van der Waals surface area contributed by atoms with Crippen molar-refractivity contribution in [2.75, 3.05) is 0 Å². The fourth-order valence-electron chi connectivity index (χ4n) is 1.26. The van der Waals surface area contributed by atoms with E-state index in [1.165, 1.54) is 12.3 Å². The zero-order valence-corrected chi connectivity index (χ0v) is 10.1. The third-order valence-electron chi connectivity index (χ3n) is 2.28. The zero-order valence-electron chi connectivity index (χ0n) is 10.1.